The van der Waals surface area contributed by atoms with Crippen molar-refractivity contribution in [3.05, 3.63) is 56.7 Å². The normalized spacial score (nSPS) is 10.4. The minimum Gasteiger partial charge on any atom is -0.493 e. The van der Waals surface area contributed by atoms with Crippen molar-refractivity contribution in [1.82, 2.24) is 9.55 Å². The summed E-state index contributed by atoms with van der Waals surface area (Å²) in [7, 11) is 0. The van der Waals surface area contributed by atoms with Crippen LogP contribution in [0.25, 0.3) is 0 Å². The SMILES string of the molecule is CCOc1ccccc1C(=O)Cn1c(C)ncc(Br)c1=O. The van der Waals surface area contributed by atoms with Crippen molar-refractivity contribution in [2.24, 2.45) is 0 Å². The van der Waals surface area contributed by atoms with Crippen LogP contribution in [-0.4, -0.2) is 21.9 Å². The quantitative estimate of drug-likeness (QED) is 0.777. The summed E-state index contributed by atoms with van der Waals surface area (Å²) in [6, 6.07) is 7.01. The zero-order chi connectivity index (χ0) is 15.4. The molecule has 0 atom stereocenters. The van der Waals surface area contributed by atoms with Crippen LogP contribution < -0.4 is 10.3 Å². The number of halogens is 1. The van der Waals surface area contributed by atoms with Gasteiger partial charge in [-0.2, -0.15) is 0 Å². The molecular weight excluding hydrogens is 336 g/mol. The maximum absolute atomic E-state index is 12.4. The second kappa shape index (κ2) is 6.67. The van der Waals surface area contributed by atoms with Gasteiger partial charge in [0.15, 0.2) is 5.78 Å². The van der Waals surface area contributed by atoms with Gasteiger partial charge in [0.1, 0.15) is 16.0 Å². The Balaban J connectivity index is 2.35. The predicted octanol–water partition coefficient (Wildman–Crippen LogP) is 2.60. The second-order valence-corrected chi connectivity index (χ2v) is 5.25. The molecule has 1 heterocycles. The fraction of sp³-hybridized carbons (Fsp3) is 0.267. The van der Waals surface area contributed by atoms with Crippen LogP contribution in [0.3, 0.4) is 0 Å². The summed E-state index contributed by atoms with van der Waals surface area (Å²) in [5, 5.41) is 0. The number of ether oxygens (including phenoxy) is 1. The minimum absolute atomic E-state index is 0.0683. The number of rotatable bonds is 5. The maximum atomic E-state index is 12.4. The second-order valence-electron chi connectivity index (χ2n) is 4.40. The summed E-state index contributed by atoms with van der Waals surface area (Å²) in [4.78, 5) is 28.6. The molecule has 6 heteroatoms. The number of para-hydroxylation sites is 1. The molecule has 0 saturated heterocycles. The van der Waals surface area contributed by atoms with E-state index in [-0.39, 0.29) is 17.9 Å². The highest BCUT2D eigenvalue weighted by atomic mass is 79.9. The minimum atomic E-state index is -0.273. The number of ketones is 1. The van der Waals surface area contributed by atoms with Gasteiger partial charge < -0.3 is 4.74 Å². The summed E-state index contributed by atoms with van der Waals surface area (Å²) < 4.78 is 7.12. The Morgan fingerprint density at radius 3 is 2.81 bits per heavy atom. The third-order valence-electron chi connectivity index (χ3n) is 2.99. The molecule has 110 valence electrons. The number of hydrogen-bond donors (Lipinski definition) is 0. The summed E-state index contributed by atoms with van der Waals surface area (Å²) in [5.74, 6) is 0.827. The Morgan fingerprint density at radius 1 is 1.38 bits per heavy atom. The van der Waals surface area contributed by atoms with Crippen LogP contribution in [0.15, 0.2) is 39.7 Å². The molecule has 0 aliphatic heterocycles. The number of carbonyl (C=O) groups is 1. The molecule has 0 aliphatic rings. The average Bonchev–Trinajstić information content (AvgIpc) is 2.48. The first-order valence-corrected chi connectivity index (χ1v) is 7.30. The van der Waals surface area contributed by atoms with Gasteiger partial charge in [0.05, 0.1) is 18.7 Å². The fourth-order valence-corrected chi connectivity index (χ4v) is 2.26. The van der Waals surface area contributed by atoms with Gasteiger partial charge in [0, 0.05) is 6.20 Å². The van der Waals surface area contributed by atoms with Crippen molar-refractivity contribution in [1.29, 1.82) is 0 Å². The highest BCUT2D eigenvalue weighted by Crippen LogP contribution is 2.19. The predicted molar refractivity (Wildman–Crippen MR) is 82.9 cm³/mol. The molecule has 2 aromatic rings. The van der Waals surface area contributed by atoms with Crippen LogP contribution in [0.5, 0.6) is 5.75 Å². The van der Waals surface area contributed by atoms with E-state index in [0.29, 0.717) is 28.2 Å². The first-order valence-electron chi connectivity index (χ1n) is 6.51. The first kappa shape index (κ1) is 15.4. The van der Waals surface area contributed by atoms with Gasteiger partial charge in [-0.05, 0) is 41.9 Å². The number of benzene rings is 1. The van der Waals surface area contributed by atoms with Gasteiger partial charge >= 0.3 is 0 Å². The standard InChI is InChI=1S/C15H15BrN2O3/c1-3-21-14-7-5-4-6-11(14)13(19)9-18-10(2)17-8-12(16)15(18)20/h4-8H,3,9H2,1-2H3. The maximum Gasteiger partial charge on any atom is 0.268 e. The lowest BCUT2D eigenvalue weighted by atomic mass is 10.1. The molecular formula is C15H15BrN2O3. The third-order valence-corrected chi connectivity index (χ3v) is 3.54. The Bertz CT molecular complexity index is 725. The summed E-state index contributed by atoms with van der Waals surface area (Å²) >= 11 is 3.13. The molecule has 0 aliphatic carbocycles. The molecule has 2 rings (SSSR count). The van der Waals surface area contributed by atoms with E-state index >= 15 is 0 Å². The van der Waals surface area contributed by atoms with Crippen molar-refractivity contribution < 1.29 is 9.53 Å². The Hall–Kier alpha value is -1.95. The van der Waals surface area contributed by atoms with Crippen LogP contribution >= 0.6 is 15.9 Å². The van der Waals surface area contributed by atoms with E-state index in [2.05, 4.69) is 20.9 Å². The number of Topliss-reactive ketones (excluding diaryl/α,β-unsaturated/α-hetero) is 1. The highest BCUT2D eigenvalue weighted by molar-refractivity contribution is 9.10. The van der Waals surface area contributed by atoms with Crippen LogP contribution in [0.2, 0.25) is 0 Å². The van der Waals surface area contributed by atoms with E-state index in [9.17, 15) is 9.59 Å². The summed E-state index contributed by atoms with van der Waals surface area (Å²) in [6.45, 7) is 3.95. The Labute approximate surface area is 130 Å². The van der Waals surface area contributed by atoms with Gasteiger partial charge in [0.25, 0.3) is 5.56 Å². The number of aromatic nitrogens is 2. The van der Waals surface area contributed by atoms with Crippen LogP contribution in [0.1, 0.15) is 23.1 Å². The van der Waals surface area contributed by atoms with Crippen LogP contribution in [0, 0.1) is 6.92 Å². The average molecular weight is 351 g/mol. The van der Waals surface area contributed by atoms with E-state index in [1.54, 1.807) is 31.2 Å². The van der Waals surface area contributed by atoms with E-state index in [1.807, 2.05) is 6.92 Å². The van der Waals surface area contributed by atoms with Crippen molar-refractivity contribution in [2.45, 2.75) is 20.4 Å². The molecule has 0 amide bonds. The van der Waals surface area contributed by atoms with E-state index in [4.69, 9.17) is 4.74 Å². The molecule has 0 N–H and O–H groups in total. The van der Waals surface area contributed by atoms with Gasteiger partial charge in [0.2, 0.25) is 0 Å². The molecule has 5 nitrogen and oxygen atoms in total. The van der Waals surface area contributed by atoms with E-state index < -0.39 is 0 Å². The van der Waals surface area contributed by atoms with Gasteiger partial charge in [-0.15, -0.1) is 0 Å². The van der Waals surface area contributed by atoms with Gasteiger partial charge in [-0.1, -0.05) is 12.1 Å². The third kappa shape index (κ3) is 3.39. The lowest BCUT2D eigenvalue weighted by Crippen LogP contribution is -2.27. The van der Waals surface area contributed by atoms with Gasteiger partial charge in [-0.25, -0.2) is 4.98 Å². The fourth-order valence-electron chi connectivity index (χ4n) is 1.94. The summed E-state index contributed by atoms with van der Waals surface area (Å²) in [5.41, 5.74) is 0.190. The monoisotopic (exact) mass is 350 g/mol. The summed E-state index contributed by atoms with van der Waals surface area (Å²) in [6.07, 6.45) is 1.44. The molecule has 1 aromatic carbocycles. The molecule has 0 spiro atoms. The van der Waals surface area contributed by atoms with Crippen molar-refractivity contribution >= 4 is 21.7 Å². The Morgan fingerprint density at radius 2 is 2.10 bits per heavy atom. The highest BCUT2D eigenvalue weighted by Gasteiger charge is 2.15. The number of carbonyl (C=O) groups excluding carboxylic acids is 1. The van der Waals surface area contributed by atoms with Crippen molar-refractivity contribution in [3.63, 3.8) is 0 Å². The number of hydrogen-bond acceptors (Lipinski definition) is 4. The van der Waals surface area contributed by atoms with Crippen molar-refractivity contribution in [2.75, 3.05) is 6.61 Å². The van der Waals surface area contributed by atoms with Crippen molar-refractivity contribution in [3.8, 4) is 5.75 Å². The smallest absolute Gasteiger partial charge is 0.268 e. The molecule has 0 unspecified atom stereocenters. The number of nitrogens with zero attached hydrogens (tertiary/aromatic N) is 2. The topological polar surface area (TPSA) is 61.2 Å². The molecule has 0 fully saturated rings. The zero-order valence-electron chi connectivity index (χ0n) is 11.8. The first-order chi connectivity index (χ1) is 10.0. The zero-order valence-corrected chi connectivity index (χ0v) is 13.4. The molecule has 21 heavy (non-hydrogen) atoms. The van der Waals surface area contributed by atoms with Crippen LogP contribution in [-0.2, 0) is 6.54 Å². The van der Waals surface area contributed by atoms with Crippen LogP contribution in [0.4, 0.5) is 0 Å². The lowest BCUT2D eigenvalue weighted by Gasteiger charge is -2.11. The molecule has 0 radical (unpaired) electrons. The largest absolute Gasteiger partial charge is 0.493 e. The number of aryl methyl sites for hydroxylation is 1. The van der Waals surface area contributed by atoms with Gasteiger partial charge in [-0.3, -0.25) is 14.2 Å². The van der Waals surface area contributed by atoms with E-state index in [0.717, 1.165) is 0 Å². The molecule has 0 saturated carbocycles. The Kier molecular flexibility index (Phi) is 4.90. The van der Waals surface area contributed by atoms with E-state index in [1.165, 1.54) is 10.8 Å². The molecule has 1 aromatic heterocycles. The molecule has 0 bridgehead atoms. The lowest BCUT2D eigenvalue weighted by molar-refractivity contribution is 0.0965.